The molecule has 0 aromatic heterocycles. The fourth-order valence-electron chi connectivity index (χ4n) is 1.55. The predicted molar refractivity (Wildman–Crippen MR) is 69.9 cm³/mol. The first-order valence-corrected chi connectivity index (χ1v) is 6.00. The molecule has 5 heteroatoms. The summed E-state index contributed by atoms with van der Waals surface area (Å²) in [5.41, 5.74) is 0.539. The van der Waals surface area contributed by atoms with Gasteiger partial charge in [-0.25, -0.2) is 9.18 Å². The van der Waals surface area contributed by atoms with Gasteiger partial charge in [-0.1, -0.05) is 25.5 Å². The van der Waals surface area contributed by atoms with Gasteiger partial charge < -0.3 is 10.4 Å². The number of aliphatic carboxylic acids is 1. The lowest BCUT2D eigenvalue weighted by Crippen LogP contribution is -2.39. The van der Waals surface area contributed by atoms with Gasteiger partial charge in [0, 0.05) is 6.08 Å². The molecule has 19 heavy (non-hydrogen) atoms. The second kappa shape index (κ2) is 7.31. The Hall–Kier alpha value is -2.17. The number of carbonyl (C=O) groups is 2. The van der Waals surface area contributed by atoms with Crippen molar-refractivity contribution in [2.45, 2.75) is 25.8 Å². The van der Waals surface area contributed by atoms with Crippen LogP contribution in [0.25, 0.3) is 6.08 Å². The Morgan fingerprint density at radius 3 is 2.79 bits per heavy atom. The quantitative estimate of drug-likeness (QED) is 0.775. The summed E-state index contributed by atoms with van der Waals surface area (Å²) in [5, 5.41) is 11.3. The molecule has 1 atom stereocenters. The van der Waals surface area contributed by atoms with Crippen LogP contribution in [-0.4, -0.2) is 23.0 Å². The summed E-state index contributed by atoms with van der Waals surface area (Å²) in [4.78, 5) is 22.4. The maximum Gasteiger partial charge on any atom is 0.326 e. The van der Waals surface area contributed by atoms with E-state index in [2.05, 4.69) is 5.32 Å². The molecule has 1 amide bonds. The van der Waals surface area contributed by atoms with Gasteiger partial charge in [0.15, 0.2) is 0 Å². The van der Waals surface area contributed by atoms with E-state index in [0.717, 1.165) is 0 Å². The molecule has 0 aliphatic carbocycles. The van der Waals surface area contributed by atoms with Crippen LogP contribution in [0.4, 0.5) is 4.39 Å². The Labute approximate surface area is 110 Å². The fourth-order valence-corrected chi connectivity index (χ4v) is 1.55. The molecule has 0 saturated carbocycles. The van der Waals surface area contributed by atoms with Crippen LogP contribution in [0.3, 0.4) is 0 Å². The molecule has 1 aromatic carbocycles. The minimum atomic E-state index is -1.06. The smallest absolute Gasteiger partial charge is 0.326 e. The molecule has 2 N–H and O–H groups in total. The molecule has 1 rings (SSSR count). The highest BCUT2D eigenvalue weighted by Crippen LogP contribution is 2.05. The van der Waals surface area contributed by atoms with E-state index in [9.17, 15) is 14.0 Å². The molecule has 1 aromatic rings. The topological polar surface area (TPSA) is 66.4 Å². The summed E-state index contributed by atoms with van der Waals surface area (Å²) < 4.78 is 12.9. The molecule has 0 fully saturated rings. The second-order valence-electron chi connectivity index (χ2n) is 4.08. The summed E-state index contributed by atoms with van der Waals surface area (Å²) in [6.07, 6.45) is 3.66. The molecule has 0 spiro atoms. The Morgan fingerprint density at radius 1 is 1.47 bits per heavy atom. The van der Waals surface area contributed by atoms with Crippen LogP contribution in [-0.2, 0) is 9.59 Å². The highest BCUT2D eigenvalue weighted by molar-refractivity contribution is 5.94. The van der Waals surface area contributed by atoms with E-state index in [-0.39, 0.29) is 0 Å². The van der Waals surface area contributed by atoms with Gasteiger partial charge in [0.1, 0.15) is 11.9 Å². The Bertz CT molecular complexity index is 485. The number of hydrogen-bond donors (Lipinski definition) is 2. The number of nitrogens with one attached hydrogen (secondary N) is 1. The molecule has 102 valence electrons. The third-order valence-electron chi connectivity index (χ3n) is 2.47. The van der Waals surface area contributed by atoms with E-state index in [1.807, 2.05) is 6.92 Å². The number of halogens is 1. The van der Waals surface area contributed by atoms with Gasteiger partial charge >= 0.3 is 5.97 Å². The van der Waals surface area contributed by atoms with E-state index < -0.39 is 23.7 Å². The standard InChI is InChI=1S/C14H16FNO3/c1-2-4-12(14(18)19)16-13(17)8-7-10-5-3-6-11(15)9-10/h3,5-9,12H,2,4H2,1H3,(H,16,17)(H,18,19)/b8-7+/t12-/m0/s1. The van der Waals surface area contributed by atoms with Crippen molar-refractivity contribution in [3.63, 3.8) is 0 Å². The van der Waals surface area contributed by atoms with Crippen LogP contribution in [0, 0.1) is 5.82 Å². The number of amides is 1. The highest BCUT2D eigenvalue weighted by Gasteiger charge is 2.17. The molecule has 4 nitrogen and oxygen atoms in total. The third-order valence-corrected chi connectivity index (χ3v) is 2.47. The van der Waals surface area contributed by atoms with Crippen molar-refractivity contribution in [2.75, 3.05) is 0 Å². The lowest BCUT2D eigenvalue weighted by atomic mass is 10.1. The predicted octanol–water partition coefficient (Wildman–Crippen LogP) is 2.21. The molecule has 0 aliphatic rings. The third kappa shape index (κ3) is 5.33. The normalized spacial score (nSPS) is 12.3. The van der Waals surface area contributed by atoms with Gasteiger partial charge in [0.25, 0.3) is 0 Å². The molecule has 0 bridgehead atoms. The monoisotopic (exact) mass is 265 g/mol. The molecular weight excluding hydrogens is 249 g/mol. The van der Waals surface area contributed by atoms with Crippen LogP contribution in [0.5, 0.6) is 0 Å². The van der Waals surface area contributed by atoms with E-state index in [1.54, 1.807) is 6.07 Å². The number of benzene rings is 1. The molecular formula is C14H16FNO3. The molecule has 0 aliphatic heterocycles. The van der Waals surface area contributed by atoms with Gasteiger partial charge in [-0.2, -0.15) is 0 Å². The lowest BCUT2D eigenvalue weighted by Gasteiger charge is -2.11. The Balaban J connectivity index is 2.61. The first-order chi connectivity index (χ1) is 9.02. The van der Waals surface area contributed by atoms with Crippen LogP contribution in [0.2, 0.25) is 0 Å². The van der Waals surface area contributed by atoms with Crippen molar-refractivity contribution >= 4 is 18.0 Å². The number of rotatable bonds is 6. The summed E-state index contributed by atoms with van der Waals surface area (Å²) in [7, 11) is 0. The second-order valence-corrected chi connectivity index (χ2v) is 4.08. The van der Waals surface area contributed by atoms with E-state index in [4.69, 9.17) is 5.11 Å². The number of carbonyl (C=O) groups excluding carboxylic acids is 1. The first kappa shape index (κ1) is 14.9. The van der Waals surface area contributed by atoms with Crippen LogP contribution < -0.4 is 5.32 Å². The molecule has 0 radical (unpaired) electrons. The van der Waals surface area contributed by atoms with Crippen molar-refractivity contribution in [1.29, 1.82) is 0 Å². The number of carboxylic acid groups (broad SMARTS) is 1. The zero-order valence-corrected chi connectivity index (χ0v) is 10.6. The maximum absolute atomic E-state index is 12.9. The van der Waals surface area contributed by atoms with Crippen molar-refractivity contribution in [2.24, 2.45) is 0 Å². The Morgan fingerprint density at radius 2 is 2.21 bits per heavy atom. The van der Waals surface area contributed by atoms with Crippen LogP contribution >= 0.6 is 0 Å². The average Bonchev–Trinajstić information content (AvgIpc) is 2.36. The van der Waals surface area contributed by atoms with E-state index in [0.29, 0.717) is 18.4 Å². The van der Waals surface area contributed by atoms with Gasteiger partial charge in [0.2, 0.25) is 5.91 Å². The minimum absolute atomic E-state index is 0.370. The minimum Gasteiger partial charge on any atom is -0.480 e. The SMILES string of the molecule is CCC[C@H](NC(=O)/C=C/c1cccc(F)c1)C(=O)O. The number of carboxylic acids is 1. The van der Waals surface area contributed by atoms with Gasteiger partial charge in [-0.05, 0) is 30.2 Å². The zero-order chi connectivity index (χ0) is 14.3. The first-order valence-electron chi connectivity index (χ1n) is 6.00. The summed E-state index contributed by atoms with van der Waals surface area (Å²) in [5.74, 6) is -1.96. The zero-order valence-electron chi connectivity index (χ0n) is 10.6. The van der Waals surface area contributed by atoms with E-state index >= 15 is 0 Å². The Kier molecular flexibility index (Phi) is 5.73. The number of hydrogen-bond acceptors (Lipinski definition) is 2. The van der Waals surface area contributed by atoms with Crippen LogP contribution in [0.15, 0.2) is 30.3 Å². The molecule has 0 heterocycles. The maximum atomic E-state index is 12.9. The largest absolute Gasteiger partial charge is 0.480 e. The lowest BCUT2D eigenvalue weighted by molar-refractivity contribution is -0.141. The van der Waals surface area contributed by atoms with Crippen LogP contribution in [0.1, 0.15) is 25.3 Å². The van der Waals surface area contributed by atoms with Crippen molar-refractivity contribution in [3.8, 4) is 0 Å². The molecule has 0 saturated heterocycles. The van der Waals surface area contributed by atoms with Gasteiger partial charge in [0.05, 0.1) is 0 Å². The van der Waals surface area contributed by atoms with Crippen molar-refractivity contribution < 1.29 is 19.1 Å². The van der Waals surface area contributed by atoms with Crippen molar-refractivity contribution in [1.82, 2.24) is 5.32 Å². The fraction of sp³-hybridized carbons (Fsp3) is 0.286. The van der Waals surface area contributed by atoms with Gasteiger partial charge in [-0.3, -0.25) is 4.79 Å². The summed E-state index contributed by atoms with van der Waals surface area (Å²) in [6.45, 7) is 1.84. The highest BCUT2D eigenvalue weighted by atomic mass is 19.1. The van der Waals surface area contributed by atoms with Gasteiger partial charge in [-0.15, -0.1) is 0 Å². The van der Waals surface area contributed by atoms with E-state index in [1.165, 1.54) is 30.4 Å². The molecule has 0 unspecified atom stereocenters. The average molecular weight is 265 g/mol. The van der Waals surface area contributed by atoms with Crippen molar-refractivity contribution in [3.05, 3.63) is 41.7 Å². The summed E-state index contributed by atoms with van der Waals surface area (Å²) >= 11 is 0. The summed E-state index contributed by atoms with van der Waals surface area (Å²) in [6, 6.07) is 4.87.